The van der Waals surface area contributed by atoms with E-state index in [1.807, 2.05) is 72.2 Å². The fourth-order valence-corrected chi connectivity index (χ4v) is 3.89. The quantitative estimate of drug-likeness (QED) is 0.426. The fourth-order valence-electron chi connectivity index (χ4n) is 3.10. The monoisotopic (exact) mass is 430 g/mol. The number of amides is 1. The molecule has 2 N–H and O–H groups in total. The molecule has 156 valence electrons. The van der Waals surface area contributed by atoms with Gasteiger partial charge < -0.3 is 10.4 Å². The van der Waals surface area contributed by atoms with Crippen molar-refractivity contribution in [3.05, 3.63) is 90.0 Å². The molecule has 0 spiro atoms. The zero-order chi connectivity index (χ0) is 21.6. The lowest BCUT2D eigenvalue weighted by atomic mass is 10.1. The Labute approximate surface area is 185 Å². The van der Waals surface area contributed by atoms with Gasteiger partial charge >= 0.3 is 0 Å². The molecule has 1 aromatic heterocycles. The molecule has 0 radical (unpaired) electrons. The molecule has 6 nitrogen and oxygen atoms in total. The van der Waals surface area contributed by atoms with Crippen molar-refractivity contribution in [1.82, 2.24) is 20.1 Å². The number of aromatic nitrogens is 3. The van der Waals surface area contributed by atoms with E-state index in [1.165, 1.54) is 11.8 Å². The molecule has 31 heavy (non-hydrogen) atoms. The van der Waals surface area contributed by atoms with Gasteiger partial charge in [-0.25, -0.2) is 0 Å². The van der Waals surface area contributed by atoms with Gasteiger partial charge in [0.2, 0.25) is 5.91 Å². The third kappa shape index (κ3) is 4.95. The lowest BCUT2D eigenvalue weighted by Crippen LogP contribution is -2.24. The molecule has 1 amide bonds. The standard InChI is InChI=1S/C24H22N4O2S/c1-17-11-13-19(14-12-17)28-23(20-9-5-6-10-21(20)29)26-27-24(28)31-16-22(30)25-15-18-7-3-2-4-8-18/h2-14,29H,15-16H2,1H3,(H,25,30). The van der Waals surface area contributed by atoms with Crippen molar-refractivity contribution in [3.63, 3.8) is 0 Å². The maximum atomic E-state index is 12.4. The lowest BCUT2D eigenvalue weighted by Gasteiger charge is -2.11. The van der Waals surface area contributed by atoms with Crippen molar-refractivity contribution in [3.8, 4) is 22.8 Å². The smallest absolute Gasteiger partial charge is 0.230 e. The van der Waals surface area contributed by atoms with Crippen molar-refractivity contribution in [2.24, 2.45) is 0 Å². The minimum Gasteiger partial charge on any atom is -0.507 e. The first kappa shape index (κ1) is 20.7. The van der Waals surface area contributed by atoms with E-state index in [0.29, 0.717) is 23.1 Å². The van der Waals surface area contributed by atoms with E-state index in [-0.39, 0.29) is 17.4 Å². The van der Waals surface area contributed by atoms with E-state index in [4.69, 9.17) is 0 Å². The molecular weight excluding hydrogens is 408 g/mol. The van der Waals surface area contributed by atoms with Gasteiger partial charge in [-0.3, -0.25) is 9.36 Å². The molecule has 1 heterocycles. The van der Waals surface area contributed by atoms with Gasteiger partial charge in [-0.2, -0.15) is 0 Å². The van der Waals surface area contributed by atoms with E-state index in [0.717, 1.165) is 16.8 Å². The highest BCUT2D eigenvalue weighted by atomic mass is 32.2. The summed E-state index contributed by atoms with van der Waals surface area (Å²) in [6.07, 6.45) is 0. The van der Waals surface area contributed by atoms with E-state index in [1.54, 1.807) is 18.2 Å². The minimum absolute atomic E-state index is 0.0867. The van der Waals surface area contributed by atoms with E-state index >= 15 is 0 Å². The Morgan fingerprint density at radius 2 is 1.68 bits per heavy atom. The average Bonchev–Trinajstić information content (AvgIpc) is 3.21. The van der Waals surface area contributed by atoms with Crippen molar-refractivity contribution in [2.45, 2.75) is 18.6 Å². The molecule has 0 saturated heterocycles. The van der Waals surface area contributed by atoms with Gasteiger partial charge in [0.1, 0.15) is 5.75 Å². The normalized spacial score (nSPS) is 10.7. The minimum atomic E-state index is -0.0867. The third-order valence-electron chi connectivity index (χ3n) is 4.74. The summed E-state index contributed by atoms with van der Waals surface area (Å²) in [5.41, 5.74) is 3.62. The first-order valence-corrected chi connectivity index (χ1v) is 10.8. The number of rotatable bonds is 7. The highest BCUT2D eigenvalue weighted by Gasteiger charge is 2.19. The Hall–Kier alpha value is -3.58. The fraction of sp³-hybridized carbons (Fsp3) is 0.125. The first-order chi connectivity index (χ1) is 15.1. The van der Waals surface area contributed by atoms with Gasteiger partial charge in [0.25, 0.3) is 0 Å². The number of carbonyl (C=O) groups is 1. The average molecular weight is 431 g/mol. The lowest BCUT2D eigenvalue weighted by molar-refractivity contribution is -0.118. The molecule has 7 heteroatoms. The van der Waals surface area contributed by atoms with Crippen LogP contribution in [0.15, 0.2) is 84.0 Å². The Kier molecular flexibility index (Phi) is 6.33. The number of phenolic OH excluding ortho intramolecular Hbond substituents is 1. The van der Waals surface area contributed by atoms with Crippen LogP contribution in [-0.2, 0) is 11.3 Å². The second-order valence-corrected chi connectivity index (χ2v) is 7.99. The van der Waals surface area contributed by atoms with E-state index in [2.05, 4.69) is 15.5 Å². The van der Waals surface area contributed by atoms with Crippen molar-refractivity contribution >= 4 is 17.7 Å². The number of nitrogens with zero attached hydrogens (tertiary/aromatic N) is 3. The van der Waals surface area contributed by atoms with Crippen LogP contribution in [0.5, 0.6) is 5.75 Å². The highest BCUT2D eigenvalue weighted by Crippen LogP contribution is 2.32. The Balaban J connectivity index is 1.56. The highest BCUT2D eigenvalue weighted by molar-refractivity contribution is 7.99. The van der Waals surface area contributed by atoms with Crippen LogP contribution in [0.25, 0.3) is 17.1 Å². The Bertz CT molecular complexity index is 1170. The summed E-state index contributed by atoms with van der Waals surface area (Å²) in [7, 11) is 0. The maximum Gasteiger partial charge on any atom is 0.230 e. The zero-order valence-corrected chi connectivity index (χ0v) is 17.8. The zero-order valence-electron chi connectivity index (χ0n) is 17.0. The molecule has 0 aliphatic heterocycles. The molecule has 4 aromatic rings. The maximum absolute atomic E-state index is 12.4. The molecule has 0 bridgehead atoms. The van der Waals surface area contributed by atoms with Crippen LogP contribution >= 0.6 is 11.8 Å². The summed E-state index contributed by atoms with van der Waals surface area (Å²) >= 11 is 1.31. The van der Waals surface area contributed by atoms with E-state index < -0.39 is 0 Å². The second kappa shape index (κ2) is 9.49. The molecule has 0 aliphatic rings. The topological polar surface area (TPSA) is 80.0 Å². The molecule has 0 unspecified atom stereocenters. The van der Waals surface area contributed by atoms with Gasteiger partial charge in [-0.15, -0.1) is 10.2 Å². The van der Waals surface area contributed by atoms with Gasteiger partial charge in [-0.05, 0) is 36.8 Å². The summed E-state index contributed by atoms with van der Waals surface area (Å²) < 4.78 is 1.86. The third-order valence-corrected chi connectivity index (χ3v) is 5.66. The molecule has 0 fully saturated rings. The SMILES string of the molecule is Cc1ccc(-n2c(SCC(=O)NCc3ccccc3)nnc2-c2ccccc2O)cc1. The number of hydrogen-bond acceptors (Lipinski definition) is 5. The predicted molar refractivity (Wildman–Crippen MR) is 122 cm³/mol. The van der Waals surface area contributed by atoms with Crippen LogP contribution in [0.2, 0.25) is 0 Å². The molecule has 4 rings (SSSR count). The molecule has 0 aliphatic carbocycles. The number of aryl methyl sites for hydroxylation is 1. The number of phenols is 1. The number of para-hydroxylation sites is 1. The number of nitrogens with one attached hydrogen (secondary N) is 1. The van der Waals surface area contributed by atoms with Crippen LogP contribution in [0.4, 0.5) is 0 Å². The predicted octanol–water partition coefficient (Wildman–Crippen LogP) is 4.36. The van der Waals surface area contributed by atoms with E-state index in [9.17, 15) is 9.90 Å². The van der Waals surface area contributed by atoms with Crippen LogP contribution < -0.4 is 5.32 Å². The second-order valence-electron chi connectivity index (χ2n) is 7.05. The summed E-state index contributed by atoms with van der Waals surface area (Å²) in [6.45, 7) is 2.50. The van der Waals surface area contributed by atoms with Gasteiger partial charge in [0, 0.05) is 12.2 Å². The Morgan fingerprint density at radius 3 is 2.42 bits per heavy atom. The summed E-state index contributed by atoms with van der Waals surface area (Å²) in [6, 6.07) is 24.8. The van der Waals surface area contributed by atoms with Crippen LogP contribution in [-0.4, -0.2) is 31.5 Å². The number of aromatic hydroxyl groups is 1. The summed E-state index contributed by atoms with van der Waals surface area (Å²) in [4.78, 5) is 12.4. The number of thioether (sulfide) groups is 1. The van der Waals surface area contributed by atoms with Crippen LogP contribution in [0.1, 0.15) is 11.1 Å². The van der Waals surface area contributed by atoms with Crippen LogP contribution in [0, 0.1) is 6.92 Å². The molecular formula is C24H22N4O2S. The summed E-state index contributed by atoms with van der Waals surface area (Å²) in [5.74, 6) is 0.767. The largest absolute Gasteiger partial charge is 0.507 e. The number of benzene rings is 3. The van der Waals surface area contributed by atoms with Gasteiger partial charge in [-0.1, -0.05) is 71.9 Å². The van der Waals surface area contributed by atoms with Crippen LogP contribution in [0.3, 0.4) is 0 Å². The number of hydrogen-bond donors (Lipinski definition) is 2. The molecule has 0 atom stereocenters. The van der Waals surface area contributed by atoms with Crippen molar-refractivity contribution < 1.29 is 9.90 Å². The molecule has 3 aromatic carbocycles. The Morgan fingerprint density at radius 1 is 0.968 bits per heavy atom. The van der Waals surface area contributed by atoms with Gasteiger partial charge in [0.15, 0.2) is 11.0 Å². The van der Waals surface area contributed by atoms with Crippen molar-refractivity contribution in [1.29, 1.82) is 0 Å². The molecule has 0 saturated carbocycles. The van der Waals surface area contributed by atoms with Gasteiger partial charge in [0.05, 0.1) is 11.3 Å². The first-order valence-electron chi connectivity index (χ1n) is 9.86. The number of carbonyl (C=O) groups excluding carboxylic acids is 1. The van der Waals surface area contributed by atoms with Crippen molar-refractivity contribution in [2.75, 3.05) is 5.75 Å². The summed E-state index contributed by atoms with van der Waals surface area (Å²) in [5, 5.41) is 22.5.